The normalized spacial score (nSPS) is 13.4. The lowest BCUT2D eigenvalue weighted by atomic mass is 9.98. The molecular formula is C18H18FNO3. The third-order valence-electron chi connectivity index (χ3n) is 4.08. The van der Waals surface area contributed by atoms with E-state index in [-0.39, 0.29) is 5.91 Å². The molecular weight excluding hydrogens is 297 g/mol. The molecule has 5 heteroatoms. The number of hydrogen-bond donors (Lipinski definition) is 0. The lowest BCUT2D eigenvalue weighted by Crippen LogP contribution is -2.36. The van der Waals surface area contributed by atoms with E-state index in [4.69, 9.17) is 9.47 Å². The van der Waals surface area contributed by atoms with E-state index in [1.165, 1.54) is 12.1 Å². The van der Waals surface area contributed by atoms with Crippen molar-refractivity contribution in [3.05, 3.63) is 58.9 Å². The summed E-state index contributed by atoms with van der Waals surface area (Å²) in [6.45, 7) is 1.07. The highest BCUT2D eigenvalue weighted by molar-refractivity contribution is 5.94. The van der Waals surface area contributed by atoms with Crippen LogP contribution in [0.25, 0.3) is 0 Å². The maximum Gasteiger partial charge on any atom is 0.254 e. The van der Waals surface area contributed by atoms with Crippen molar-refractivity contribution in [2.45, 2.75) is 13.0 Å². The molecule has 0 saturated heterocycles. The first-order chi connectivity index (χ1) is 11.1. The van der Waals surface area contributed by atoms with E-state index >= 15 is 0 Å². The van der Waals surface area contributed by atoms with Crippen LogP contribution in [0.3, 0.4) is 0 Å². The smallest absolute Gasteiger partial charge is 0.254 e. The van der Waals surface area contributed by atoms with E-state index in [0.717, 1.165) is 17.5 Å². The molecule has 1 amide bonds. The minimum atomic E-state index is -0.403. The average Bonchev–Trinajstić information content (AvgIpc) is 2.59. The predicted molar refractivity (Wildman–Crippen MR) is 84.4 cm³/mol. The zero-order chi connectivity index (χ0) is 16.4. The number of carbonyl (C=O) groups is 1. The standard InChI is InChI=1S/C18H18FNO3/c1-22-16-9-12-6-7-20(11-14(12)10-17(16)23-2)18(21)13-4-3-5-15(19)8-13/h3-5,8-10H,6-7,11H2,1-2H3. The van der Waals surface area contributed by atoms with Crippen molar-refractivity contribution in [2.75, 3.05) is 20.8 Å². The van der Waals surface area contributed by atoms with Gasteiger partial charge in [-0.05, 0) is 47.9 Å². The van der Waals surface area contributed by atoms with Gasteiger partial charge in [0.05, 0.1) is 14.2 Å². The number of nitrogens with zero attached hydrogens (tertiary/aromatic N) is 1. The van der Waals surface area contributed by atoms with Crippen molar-refractivity contribution in [1.82, 2.24) is 4.90 Å². The first-order valence-electron chi connectivity index (χ1n) is 7.41. The van der Waals surface area contributed by atoms with Gasteiger partial charge in [-0.2, -0.15) is 0 Å². The van der Waals surface area contributed by atoms with E-state index in [1.54, 1.807) is 31.3 Å². The summed E-state index contributed by atoms with van der Waals surface area (Å²) in [6.07, 6.45) is 0.733. The summed E-state index contributed by atoms with van der Waals surface area (Å²) in [5, 5.41) is 0. The summed E-state index contributed by atoms with van der Waals surface area (Å²) in [6, 6.07) is 9.65. The molecule has 1 heterocycles. The van der Waals surface area contributed by atoms with Crippen LogP contribution in [0.1, 0.15) is 21.5 Å². The van der Waals surface area contributed by atoms with Crippen LogP contribution in [0.5, 0.6) is 11.5 Å². The van der Waals surface area contributed by atoms with Gasteiger partial charge < -0.3 is 14.4 Å². The topological polar surface area (TPSA) is 38.8 Å². The van der Waals surface area contributed by atoms with Crippen LogP contribution < -0.4 is 9.47 Å². The van der Waals surface area contributed by atoms with Crippen LogP contribution in [0.4, 0.5) is 4.39 Å². The van der Waals surface area contributed by atoms with Crippen LogP contribution in [0, 0.1) is 5.82 Å². The first kappa shape index (κ1) is 15.3. The number of halogens is 1. The number of benzene rings is 2. The van der Waals surface area contributed by atoms with Gasteiger partial charge in [-0.1, -0.05) is 6.07 Å². The molecule has 23 heavy (non-hydrogen) atoms. The molecule has 1 aliphatic rings. The molecule has 0 aromatic heterocycles. The minimum absolute atomic E-state index is 0.162. The Kier molecular flexibility index (Phi) is 4.19. The van der Waals surface area contributed by atoms with Gasteiger partial charge in [-0.15, -0.1) is 0 Å². The summed E-state index contributed by atoms with van der Waals surface area (Å²) < 4.78 is 23.9. The van der Waals surface area contributed by atoms with Crippen molar-refractivity contribution in [2.24, 2.45) is 0 Å². The monoisotopic (exact) mass is 315 g/mol. The van der Waals surface area contributed by atoms with E-state index in [1.807, 2.05) is 12.1 Å². The van der Waals surface area contributed by atoms with Gasteiger partial charge in [-0.3, -0.25) is 4.79 Å². The molecule has 0 saturated carbocycles. The number of amides is 1. The number of carbonyl (C=O) groups excluding carboxylic acids is 1. The fourth-order valence-corrected chi connectivity index (χ4v) is 2.86. The maximum atomic E-state index is 13.3. The Bertz CT molecular complexity index is 745. The summed E-state index contributed by atoms with van der Waals surface area (Å²) >= 11 is 0. The quantitative estimate of drug-likeness (QED) is 0.874. The van der Waals surface area contributed by atoms with Gasteiger partial charge in [-0.25, -0.2) is 4.39 Å². The van der Waals surface area contributed by atoms with E-state index < -0.39 is 5.82 Å². The molecule has 0 fully saturated rings. The van der Waals surface area contributed by atoms with Gasteiger partial charge in [0, 0.05) is 18.7 Å². The summed E-state index contributed by atoms with van der Waals surface area (Å²) in [5.41, 5.74) is 2.54. The third-order valence-corrected chi connectivity index (χ3v) is 4.08. The molecule has 0 atom stereocenters. The van der Waals surface area contributed by atoms with Gasteiger partial charge in [0.15, 0.2) is 11.5 Å². The van der Waals surface area contributed by atoms with E-state index in [2.05, 4.69) is 0 Å². The van der Waals surface area contributed by atoms with Crippen molar-refractivity contribution in [3.8, 4) is 11.5 Å². The maximum absolute atomic E-state index is 13.3. The number of hydrogen-bond acceptors (Lipinski definition) is 3. The fourth-order valence-electron chi connectivity index (χ4n) is 2.86. The highest BCUT2D eigenvalue weighted by atomic mass is 19.1. The third kappa shape index (κ3) is 2.99. The van der Waals surface area contributed by atoms with Crippen LogP contribution in [0.15, 0.2) is 36.4 Å². The minimum Gasteiger partial charge on any atom is -0.493 e. The lowest BCUT2D eigenvalue weighted by molar-refractivity contribution is 0.0734. The summed E-state index contributed by atoms with van der Waals surface area (Å²) in [4.78, 5) is 14.3. The second kappa shape index (κ2) is 6.28. The Hall–Kier alpha value is -2.56. The second-order valence-electron chi connectivity index (χ2n) is 5.46. The van der Waals surface area contributed by atoms with Crippen molar-refractivity contribution in [1.29, 1.82) is 0 Å². The second-order valence-corrected chi connectivity index (χ2v) is 5.46. The lowest BCUT2D eigenvalue weighted by Gasteiger charge is -2.29. The molecule has 0 N–H and O–H groups in total. The Balaban J connectivity index is 1.86. The Morgan fingerprint density at radius 2 is 1.78 bits per heavy atom. The van der Waals surface area contributed by atoms with Gasteiger partial charge in [0.25, 0.3) is 5.91 Å². The van der Waals surface area contributed by atoms with Crippen molar-refractivity contribution >= 4 is 5.91 Å². The van der Waals surface area contributed by atoms with E-state index in [9.17, 15) is 9.18 Å². The molecule has 120 valence electrons. The van der Waals surface area contributed by atoms with Crippen molar-refractivity contribution in [3.63, 3.8) is 0 Å². The van der Waals surface area contributed by atoms with Gasteiger partial charge in [0.1, 0.15) is 5.82 Å². The Morgan fingerprint density at radius 3 is 2.43 bits per heavy atom. The molecule has 2 aromatic carbocycles. The van der Waals surface area contributed by atoms with Gasteiger partial charge in [0.2, 0.25) is 0 Å². The van der Waals surface area contributed by atoms with E-state index in [0.29, 0.717) is 30.2 Å². The molecule has 0 radical (unpaired) electrons. The molecule has 2 aromatic rings. The van der Waals surface area contributed by atoms with Crippen LogP contribution in [0.2, 0.25) is 0 Å². The number of rotatable bonds is 3. The molecule has 4 nitrogen and oxygen atoms in total. The highest BCUT2D eigenvalue weighted by Crippen LogP contribution is 2.33. The zero-order valence-corrected chi connectivity index (χ0v) is 13.1. The SMILES string of the molecule is COc1cc2c(cc1OC)CN(C(=O)c1cccc(F)c1)CC2. The first-order valence-corrected chi connectivity index (χ1v) is 7.41. The summed E-state index contributed by atoms with van der Waals surface area (Å²) in [7, 11) is 3.19. The summed E-state index contributed by atoms with van der Waals surface area (Å²) in [5.74, 6) is 0.770. The van der Waals surface area contributed by atoms with Crippen molar-refractivity contribution < 1.29 is 18.7 Å². The molecule has 0 unspecified atom stereocenters. The Labute approximate surface area is 134 Å². The average molecular weight is 315 g/mol. The molecule has 0 aliphatic carbocycles. The highest BCUT2D eigenvalue weighted by Gasteiger charge is 2.23. The molecule has 0 bridgehead atoms. The molecule has 3 rings (SSSR count). The number of methoxy groups -OCH3 is 2. The number of fused-ring (bicyclic) bond motifs is 1. The number of ether oxygens (including phenoxy) is 2. The van der Waals surface area contributed by atoms with Crippen LogP contribution in [-0.2, 0) is 13.0 Å². The predicted octanol–water partition coefficient (Wildman–Crippen LogP) is 3.04. The van der Waals surface area contributed by atoms with Crippen LogP contribution in [-0.4, -0.2) is 31.6 Å². The van der Waals surface area contributed by atoms with Gasteiger partial charge >= 0.3 is 0 Å². The molecule has 0 spiro atoms. The zero-order valence-electron chi connectivity index (χ0n) is 13.1. The molecule has 1 aliphatic heterocycles. The largest absolute Gasteiger partial charge is 0.493 e. The van der Waals surface area contributed by atoms with Crippen LogP contribution >= 0.6 is 0 Å². The Morgan fingerprint density at radius 1 is 1.09 bits per heavy atom. The fraction of sp³-hybridized carbons (Fsp3) is 0.278.